The minimum atomic E-state index is -0.260. The van der Waals surface area contributed by atoms with Gasteiger partial charge in [0.25, 0.3) is 0 Å². The van der Waals surface area contributed by atoms with Gasteiger partial charge in [-0.05, 0) is 23.8 Å². The first-order chi connectivity index (χ1) is 14.7. The summed E-state index contributed by atoms with van der Waals surface area (Å²) in [5.74, 6) is 0.435. The molecule has 0 spiro atoms. The molecule has 0 saturated carbocycles. The molecule has 1 unspecified atom stereocenters. The fraction of sp³-hybridized carbons (Fsp3) is 0.476. The lowest BCUT2D eigenvalue weighted by atomic mass is 10.0. The molecule has 0 bridgehead atoms. The lowest BCUT2D eigenvalue weighted by Crippen LogP contribution is -2.53. The Morgan fingerprint density at radius 3 is 2.37 bits per heavy atom. The van der Waals surface area contributed by atoms with Crippen molar-refractivity contribution in [2.75, 3.05) is 63.9 Å². The van der Waals surface area contributed by atoms with Gasteiger partial charge in [0.15, 0.2) is 0 Å². The summed E-state index contributed by atoms with van der Waals surface area (Å²) in [4.78, 5) is 27.5. The maximum absolute atomic E-state index is 13.4. The van der Waals surface area contributed by atoms with Crippen LogP contribution in [0.4, 0.5) is 15.1 Å². The summed E-state index contributed by atoms with van der Waals surface area (Å²) in [6, 6.07) is 8.21. The summed E-state index contributed by atoms with van der Waals surface area (Å²) in [5, 5.41) is 3.08. The van der Waals surface area contributed by atoms with E-state index in [2.05, 4.69) is 25.1 Å². The van der Waals surface area contributed by atoms with Crippen molar-refractivity contribution in [1.82, 2.24) is 25.1 Å². The number of halogens is 1. The molecule has 160 valence electrons. The van der Waals surface area contributed by atoms with Crippen LogP contribution in [0.25, 0.3) is 0 Å². The Balaban J connectivity index is 1.34. The summed E-state index contributed by atoms with van der Waals surface area (Å²) < 4.78 is 18.8. The van der Waals surface area contributed by atoms with Crippen molar-refractivity contribution in [2.45, 2.75) is 6.04 Å². The van der Waals surface area contributed by atoms with Crippen LogP contribution in [-0.4, -0.2) is 84.8 Å². The number of aromatic nitrogens is 2. The monoisotopic (exact) mass is 414 g/mol. The maximum Gasteiger partial charge on any atom is 0.317 e. The third-order valence-corrected chi connectivity index (χ3v) is 5.59. The number of rotatable bonds is 5. The summed E-state index contributed by atoms with van der Waals surface area (Å²) in [6.45, 7) is 5.98. The zero-order valence-electron chi connectivity index (χ0n) is 16.9. The number of carbonyl (C=O) groups excluding carboxylic acids is 1. The van der Waals surface area contributed by atoms with Crippen LogP contribution in [-0.2, 0) is 4.74 Å². The van der Waals surface area contributed by atoms with E-state index in [0.717, 1.165) is 18.7 Å². The van der Waals surface area contributed by atoms with E-state index >= 15 is 0 Å². The molecule has 1 atom stereocenters. The molecule has 0 aliphatic carbocycles. The van der Waals surface area contributed by atoms with Gasteiger partial charge in [-0.25, -0.2) is 19.2 Å². The van der Waals surface area contributed by atoms with Crippen LogP contribution in [0.3, 0.4) is 0 Å². The normalized spacial score (nSPS) is 18.8. The molecule has 9 heteroatoms. The van der Waals surface area contributed by atoms with Crippen LogP contribution >= 0.6 is 0 Å². The van der Waals surface area contributed by atoms with Gasteiger partial charge in [0, 0.05) is 58.2 Å². The highest BCUT2D eigenvalue weighted by Crippen LogP contribution is 2.22. The first kappa shape index (κ1) is 20.5. The van der Waals surface area contributed by atoms with Gasteiger partial charge >= 0.3 is 6.03 Å². The van der Waals surface area contributed by atoms with Crippen LogP contribution in [0.2, 0.25) is 0 Å². The minimum absolute atomic E-state index is 0.0162. The molecule has 2 aromatic rings. The van der Waals surface area contributed by atoms with Crippen LogP contribution < -0.4 is 10.2 Å². The molecule has 1 aromatic heterocycles. The number of benzene rings is 1. The van der Waals surface area contributed by atoms with Crippen molar-refractivity contribution in [3.63, 3.8) is 0 Å². The number of hydrogen-bond acceptors (Lipinski definition) is 6. The second-order valence-corrected chi connectivity index (χ2v) is 7.42. The van der Waals surface area contributed by atoms with Gasteiger partial charge in [0.2, 0.25) is 5.95 Å². The second kappa shape index (κ2) is 9.82. The number of urea groups is 1. The van der Waals surface area contributed by atoms with Gasteiger partial charge in [-0.1, -0.05) is 12.1 Å². The zero-order chi connectivity index (χ0) is 20.8. The molecule has 4 rings (SSSR count). The van der Waals surface area contributed by atoms with Gasteiger partial charge in [0.1, 0.15) is 5.82 Å². The molecule has 0 radical (unpaired) electrons. The number of carbonyl (C=O) groups is 1. The highest BCUT2D eigenvalue weighted by Gasteiger charge is 2.26. The molecule has 3 heterocycles. The van der Waals surface area contributed by atoms with Gasteiger partial charge in [-0.2, -0.15) is 0 Å². The number of hydrogen-bond donors (Lipinski definition) is 1. The van der Waals surface area contributed by atoms with Crippen molar-refractivity contribution in [1.29, 1.82) is 0 Å². The third kappa shape index (κ3) is 5.03. The van der Waals surface area contributed by atoms with Crippen molar-refractivity contribution < 1.29 is 13.9 Å². The third-order valence-electron chi connectivity index (χ3n) is 5.59. The molecule has 2 aliphatic heterocycles. The molecule has 2 saturated heterocycles. The molecule has 2 fully saturated rings. The Labute approximate surface area is 175 Å². The van der Waals surface area contributed by atoms with Crippen LogP contribution in [0.5, 0.6) is 0 Å². The maximum atomic E-state index is 13.4. The predicted molar refractivity (Wildman–Crippen MR) is 111 cm³/mol. The number of amides is 2. The number of piperazine rings is 1. The molecule has 2 amide bonds. The topological polar surface area (TPSA) is 73.8 Å². The van der Waals surface area contributed by atoms with Gasteiger partial charge < -0.3 is 19.9 Å². The average molecular weight is 414 g/mol. The summed E-state index contributed by atoms with van der Waals surface area (Å²) >= 11 is 0. The van der Waals surface area contributed by atoms with Gasteiger partial charge in [-0.15, -0.1) is 0 Å². The standard InChI is InChI=1S/C21H27FN6O2/c22-18-4-2-17(3-5-18)19(26-12-14-30-15-13-26)16-25-21(29)28-10-8-27(9-11-28)20-23-6-1-7-24-20/h1-7,19H,8-16H2,(H,25,29). The van der Waals surface area contributed by atoms with E-state index in [4.69, 9.17) is 4.74 Å². The molecule has 2 aliphatic rings. The van der Waals surface area contributed by atoms with E-state index in [0.29, 0.717) is 51.9 Å². The van der Waals surface area contributed by atoms with Crippen LogP contribution in [0.15, 0.2) is 42.7 Å². The predicted octanol–water partition coefficient (Wildman–Crippen LogP) is 1.52. The second-order valence-electron chi connectivity index (χ2n) is 7.42. The quantitative estimate of drug-likeness (QED) is 0.800. The number of nitrogens with zero attached hydrogens (tertiary/aromatic N) is 5. The Kier molecular flexibility index (Phi) is 6.70. The highest BCUT2D eigenvalue weighted by atomic mass is 19.1. The molecular weight excluding hydrogens is 387 g/mol. The minimum Gasteiger partial charge on any atom is -0.379 e. The lowest BCUT2D eigenvalue weighted by molar-refractivity contribution is 0.0164. The van der Waals surface area contributed by atoms with Crippen molar-refractivity contribution in [3.8, 4) is 0 Å². The number of anilines is 1. The highest BCUT2D eigenvalue weighted by molar-refractivity contribution is 5.74. The van der Waals surface area contributed by atoms with E-state index < -0.39 is 0 Å². The van der Waals surface area contributed by atoms with Gasteiger partial charge in [-0.3, -0.25) is 4.90 Å². The summed E-state index contributed by atoms with van der Waals surface area (Å²) in [5.41, 5.74) is 0.990. The number of ether oxygens (including phenoxy) is 1. The van der Waals surface area contributed by atoms with E-state index in [1.54, 1.807) is 30.6 Å². The largest absolute Gasteiger partial charge is 0.379 e. The molecular formula is C21H27FN6O2. The average Bonchev–Trinajstić information content (AvgIpc) is 2.81. The molecule has 1 N–H and O–H groups in total. The lowest BCUT2D eigenvalue weighted by Gasteiger charge is -2.37. The zero-order valence-corrected chi connectivity index (χ0v) is 16.9. The van der Waals surface area contributed by atoms with Crippen molar-refractivity contribution >= 4 is 12.0 Å². The Bertz CT molecular complexity index is 808. The molecule has 8 nitrogen and oxygen atoms in total. The molecule has 30 heavy (non-hydrogen) atoms. The van der Waals surface area contributed by atoms with Crippen LogP contribution in [0.1, 0.15) is 11.6 Å². The smallest absolute Gasteiger partial charge is 0.317 e. The summed E-state index contributed by atoms with van der Waals surface area (Å²) in [7, 11) is 0. The summed E-state index contributed by atoms with van der Waals surface area (Å²) in [6.07, 6.45) is 3.45. The first-order valence-corrected chi connectivity index (χ1v) is 10.3. The molecule has 1 aromatic carbocycles. The number of nitrogens with one attached hydrogen (secondary N) is 1. The van der Waals surface area contributed by atoms with E-state index in [1.807, 2.05) is 4.90 Å². The number of morpholine rings is 1. The Hall–Kier alpha value is -2.78. The van der Waals surface area contributed by atoms with Crippen molar-refractivity contribution in [2.24, 2.45) is 0 Å². The Morgan fingerprint density at radius 1 is 1.03 bits per heavy atom. The fourth-order valence-electron chi connectivity index (χ4n) is 3.89. The van der Waals surface area contributed by atoms with E-state index in [-0.39, 0.29) is 17.9 Å². The van der Waals surface area contributed by atoms with Crippen LogP contribution in [0, 0.1) is 5.82 Å². The van der Waals surface area contributed by atoms with Gasteiger partial charge in [0.05, 0.1) is 19.3 Å². The van der Waals surface area contributed by atoms with E-state index in [9.17, 15) is 9.18 Å². The van der Waals surface area contributed by atoms with E-state index in [1.165, 1.54) is 12.1 Å². The SMILES string of the molecule is O=C(NCC(c1ccc(F)cc1)N1CCOCC1)N1CCN(c2ncccn2)CC1. The van der Waals surface area contributed by atoms with Crippen molar-refractivity contribution in [3.05, 3.63) is 54.1 Å². The Morgan fingerprint density at radius 2 is 1.70 bits per heavy atom. The fourth-order valence-corrected chi connectivity index (χ4v) is 3.89. The first-order valence-electron chi connectivity index (χ1n) is 10.3.